The molecule has 0 spiro atoms. The number of benzene rings is 1. The zero-order chi connectivity index (χ0) is 15.1. The van der Waals surface area contributed by atoms with Gasteiger partial charge in [-0.2, -0.15) is 0 Å². The summed E-state index contributed by atoms with van der Waals surface area (Å²) in [6.07, 6.45) is 2.51. The second-order valence-electron chi connectivity index (χ2n) is 5.18. The molecule has 2 N–H and O–H groups in total. The van der Waals surface area contributed by atoms with Crippen molar-refractivity contribution in [1.29, 1.82) is 0 Å². The van der Waals surface area contributed by atoms with Gasteiger partial charge in [-0.15, -0.1) is 0 Å². The van der Waals surface area contributed by atoms with E-state index >= 15 is 0 Å². The zero-order valence-corrected chi connectivity index (χ0v) is 12.6. The average molecular weight is 286 g/mol. The predicted octanol–water partition coefficient (Wildman–Crippen LogP) is 3.55. The van der Waals surface area contributed by atoms with Crippen LogP contribution in [0.15, 0.2) is 47.1 Å². The number of rotatable bonds is 7. The molecule has 21 heavy (non-hydrogen) atoms. The lowest BCUT2D eigenvalue weighted by molar-refractivity contribution is -0.119. The Morgan fingerprint density at radius 3 is 2.81 bits per heavy atom. The highest BCUT2D eigenvalue weighted by molar-refractivity contribution is 5.92. The van der Waals surface area contributed by atoms with E-state index in [-0.39, 0.29) is 11.8 Å². The summed E-state index contributed by atoms with van der Waals surface area (Å²) in [5.74, 6) is 1.01. The van der Waals surface area contributed by atoms with Crippen LogP contribution < -0.4 is 10.6 Å². The first kappa shape index (κ1) is 15.3. The molecule has 1 unspecified atom stereocenters. The van der Waals surface area contributed by atoms with Gasteiger partial charge in [0.15, 0.2) is 0 Å². The van der Waals surface area contributed by atoms with Crippen molar-refractivity contribution in [3.05, 3.63) is 54.0 Å². The monoisotopic (exact) mass is 286 g/mol. The molecule has 0 aliphatic carbocycles. The van der Waals surface area contributed by atoms with E-state index in [1.54, 1.807) is 6.26 Å². The number of nitrogens with one attached hydrogen (secondary N) is 2. The molecule has 1 atom stereocenters. The first-order chi connectivity index (χ1) is 10.2. The highest BCUT2D eigenvalue weighted by atomic mass is 16.3. The summed E-state index contributed by atoms with van der Waals surface area (Å²) in [6, 6.07) is 11.7. The molecule has 1 heterocycles. The van der Waals surface area contributed by atoms with E-state index in [1.807, 2.05) is 50.2 Å². The molecule has 4 heteroatoms. The van der Waals surface area contributed by atoms with Crippen molar-refractivity contribution in [2.24, 2.45) is 5.92 Å². The van der Waals surface area contributed by atoms with Gasteiger partial charge in [-0.1, -0.05) is 26.0 Å². The highest BCUT2D eigenvalue weighted by Gasteiger charge is 2.10. The van der Waals surface area contributed by atoms with Crippen molar-refractivity contribution >= 4 is 11.6 Å². The van der Waals surface area contributed by atoms with Crippen molar-refractivity contribution in [1.82, 2.24) is 5.32 Å². The van der Waals surface area contributed by atoms with Gasteiger partial charge >= 0.3 is 0 Å². The van der Waals surface area contributed by atoms with Crippen LogP contribution in [-0.2, 0) is 17.9 Å². The standard InChI is InChI=1S/C17H22N2O2/c1-3-13(2)17(20)19-15-7-4-6-14(10-15)11-18-12-16-8-5-9-21-16/h4-10,13,18H,3,11-12H2,1-2H3,(H,19,20). The molecule has 0 aliphatic heterocycles. The average Bonchev–Trinajstić information content (AvgIpc) is 3.00. The number of amides is 1. The van der Waals surface area contributed by atoms with Crippen LogP contribution in [0.1, 0.15) is 31.6 Å². The number of hydrogen-bond donors (Lipinski definition) is 2. The van der Waals surface area contributed by atoms with Crippen LogP contribution in [0.4, 0.5) is 5.69 Å². The third-order valence-electron chi connectivity index (χ3n) is 3.46. The second kappa shape index (κ2) is 7.64. The summed E-state index contributed by atoms with van der Waals surface area (Å²) in [5.41, 5.74) is 1.97. The van der Waals surface area contributed by atoms with Crippen LogP contribution in [0.5, 0.6) is 0 Å². The Morgan fingerprint density at radius 1 is 1.24 bits per heavy atom. The molecule has 1 aromatic heterocycles. The lowest BCUT2D eigenvalue weighted by atomic mass is 10.1. The SMILES string of the molecule is CCC(C)C(=O)Nc1cccc(CNCc2ccco2)c1. The molecule has 0 bridgehead atoms. The Balaban J connectivity index is 1.87. The quantitative estimate of drug-likeness (QED) is 0.818. The summed E-state index contributed by atoms with van der Waals surface area (Å²) in [6.45, 7) is 5.37. The fourth-order valence-electron chi connectivity index (χ4n) is 1.95. The van der Waals surface area contributed by atoms with E-state index in [1.165, 1.54) is 0 Å². The Labute approximate surface area is 125 Å². The third-order valence-corrected chi connectivity index (χ3v) is 3.46. The number of furan rings is 1. The first-order valence-corrected chi connectivity index (χ1v) is 7.32. The van der Waals surface area contributed by atoms with Crippen molar-refractivity contribution in [3.8, 4) is 0 Å². The van der Waals surface area contributed by atoms with Gasteiger partial charge in [-0.3, -0.25) is 4.79 Å². The molecular weight excluding hydrogens is 264 g/mol. The van der Waals surface area contributed by atoms with Crippen LogP contribution in [0.25, 0.3) is 0 Å². The van der Waals surface area contributed by atoms with Crippen LogP contribution >= 0.6 is 0 Å². The molecule has 0 aliphatic rings. The summed E-state index contributed by atoms with van der Waals surface area (Å²) >= 11 is 0. The van der Waals surface area contributed by atoms with Crippen LogP contribution in [0, 0.1) is 5.92 Å². The maximum absolute atomic E-state index is 11.9. The van der Waals surface area contributed by atoms with Crippen LogP contribution in [-0.4, -0.2) is 5.91 Å². The Kier molecular flexibility index (Phi) is 5.58. The Morgan fingerprint density at radius 2 is 2.10 bits per heavy atom. The molecule has 2 aromatic rings. The maximum atomic E-state index is 11.9. The van der Waals surface area contributed by atoms with Gasteiger partial charge in [0.2, 0.25) is 5.91 Å². The molecule has 4 nitrogen and oxygen atoms in total. The van der Waals surface area contributed by atoms with Crippen molar-refractivity contribution in [2.45, 2.75) is 33.4 Å². The van der Waals surface area contributed by atoms with E-state index in [4.69, 9.17) is 4.42 Å². The molecule has 1 aromatic carbocycles. The largest absolute Gasteiger partial charge is 0.468 e. The highest BCUT2D eigenvalue weighted by Crippen LogP contribution is 2.13. The Hall–Kier alpha value is -2.07. The fourth-order valence-corrected chi connectivity index (χ4v) is 1.95. The van der Waals surface area contributed by atoms with Crippen molar-refractivity contribution in [2.75, 3.05) is 5.32 Å². The molecule has 0 saturated heterocycles. The van der Waals surface area contributed by atoms with Gasteiger partial charge in [-0.25, -0.2) is 0 Å². The predicted molar refractivity (Wildman–Crippen MR) is 83.8 cm³/mol. The Bertz CT molecular complexity index is 564. The van der Waals surface area contributed by atoms with E-state index in [2.05, 4.69) is 10.6 Å². The molecule has 0 fully saturated rings. The minimum absolute atomic E-state index is 0.0331. The maximum Gasteiger partial charge on any atom is 0.227 e. The first-order valence-electron chi connectivity index (χ1n) is 7.32. The van der Waals surface area contributed by atoms with E-state index in [9.17, 15) is 4.79 Å². The van der Waals surface area contributed by atoms with E-state index < -0.39 is 0 Å². The summed E-state index contributed by atoms with van der Waals surface area (Å²) in [7, 11) is 0. The number of carbonyl (C=O) groups excluding carboxylic acids is 1. The third kappa shape index (κ3) is 4.76. The van der Waals surface area contributed by atoms with E-state index in [0.29, 0.717) is 6.54 Å². The molecule has 2 rings (SSSR count). The lowest BCUT2D eigenvalue weighted by Gasteiger charge is -2.11. The van der Waals surface area contributed by atoms with Gasteiger partial charge in [0.25, 0.3) is 0 Å². The normalized spacial score (nSPS) is 12.1. The van der Waals surface area contributed by atoms with Crippen molar-refractivity contribution in [3.63, 3.8) is 0 Å². The summed E-state index contributed by atoms with van der Waals surface area (Å²) in [5, 5.41) is 6.26. The van der Waals surface area contributed by atoms with Gasteiger partial charge in [0, 0.05) is 18.2 Å². The molecule has 0 saturated carbocycles. The van der Waals surface area contributed by atoms with Gasteiger partial charge in [0.1, 0.15) is 5.76 Å². The minimum Gasteiger partial charge on any atom is -0.468 e. The smallest absolute Gasteiger partial charge is 0.227 e. The lowest BCUT2D eigenvalue weighted by Crippen LogP contribution is -2.20. The van der Waals surface area contributed by atoms with Gasteiger partial charge in [-0.05, 0) is 36.2 Å². The summed E-state index contributed by atoms with van der Waals surface area (Å²) in [4.78, 5) is 11.9. The van der Waals surface area contributed by atoms with Gasteiger partial charge in [0.05, 0.1) is 12.8 Å². The fraction of sp³-hybridized carbons (Fsp3) is 0.353. The molecular formula is C17H22N2O2. The molecule has 112 valence electrons. The van der Waals surface area contributed by atoms with Crippen molar-refractivity contribution < 1.29 is 9.21 Å². The number of anilines is 1. The number of carbonyl (C=O) groups is 1. The van der Waals surface area contributed by atoms with Crippen LogP contribution in [0.2, 0.25) is 0 Å². The molecule has 1 amide bonds. The van der Waals surface area contributed by atoms with Crippen LogP contribution in [0.3, 0.4) is 0 Å². The van der Waals surface area contributed by atoms with E-state index in [0.717, 1.165) is 30.0 Å². The minimum atomic E-state index is 0.0331. The summed E-state index contributed by atoms with van der Waals surface area (Å²) < 4.78 is 5.27. The topological polar surface area (TPSA) is 54.3 Å². The molecule has 0 radical (unpaired) electrons. The number of hydrogen-bond acceptors (Lipinski definition) is 3. The van der Waals surface area contributed by atoms with Gasteiger partial charge < -0.3 is 15.1 Å². The second-order valence-corrected chi connectivity index (χ2v) is 5.18. The zero-order valence-electron chi connectivity index (χ0n) is 12.6.